The van der Waals surface area contributed by atoms with Crippen molar-refractivity contribution in [1.29, 1.82) is 0 Å². The van der Waals surface area contributed by atoms with Crippen LogP contribution in [0.4, 0.5) is 0 Å². The number of hydrogen-bond donors (Lipinski definition) is 1. The largest absolute Gasteiger partial charge is 0.467 e. The Morgan fingerprint density at radius 2 is 1.77 bits per heavy atom. The fourth-order valence-electron chi connectivity index (χ4n) is 3.83. The molecule has 2 aliphatic carbocycles. The summed E-state index contributed by atoms with van der Waals surface area (Å²) in [6, 6.07) is 5.16. The molecule has 22 heavy (non-hydrogen) atoms. The Morgan fingerprint density at radius 3 is 2.41 bits per heavy atom. The van der Waals surface area contributed by atoms with Gasteiger partial charge in [0, 0.05) is 12.1 Å². The van der Waals surface area contributed by atoms with Crippen LogP contribution in [-0.2, 0) is 6.54 Å². The molecule has 2 fully saturated rings. The lowest BCUT2D eigenvalue weighted by Gasteiger charge is -2.33. The monoisotopic (exact) mass is 320 g/mol. The summed E-state index contributed by atoms with van der Waals surface area (Å²) in [5, 5.41) is 4.60. The Kier molecular flexibility index (Phi) is 5.76. The van der Waals surface area contributed by atoms with Gasteiger partial charge in [-0.1, -0.05) is 38.5 Å². The van der Waals surface area contributed by atoms with Crippen molar-refractivity contribution < 1.29 is 4.42 Å². The van der Waals surface area contributed by atoms with Crippen LogP contribution in [0.25, 0.3) is 0 Å². The molecule has 0 bridgehead atoms. The zero-order valence-electron chi connectivity index (χ0n) is 13.4. The molecule has 4 heteroatoms. The van der Waals surface area contributed by atoms with Crippen molar-refractivity contribution in [3.05, 3.63) is 24.2 Å². The molecule has 122 valence electrons. The number of rotatable bonds is 4. The van der Waals surface area contributed by atoms with Gasteiger partial charge in [0.1, 0.15) is 5.76 Å². The number of nitrogens with one attached hydrogen (secondary N) is 1. The summed E-state index contributed by atoms with van der Waals surface area (Å²) in [7, 11) is 0. The van der Waals surface area contributed by atoms with E-state index in [9.17, 15) is 0 Å². The summed E-state index contributed by atoms with van der Waals surface area (Å²) >= 11 is 5.78. The molecule has 0 unspecified atom stereocenters. The molecule has 3 rings (SSSR count). The molecule has 3 nitrogen and oxygen atoms in total. The molecule has 1 aromatic rings. The summed E-state index contributed by atoms with van der Waals surface area (Å²) in [6.07, 6.45) is 14.9. The standard InChI is InChI=1S/C18H28N2OS/c22-18(19-15-8-3-1-2-4-9-15)20(16-10-5-6-11-16)14-17-12-7-13-21-17/h7,12-13,15-16H,1-6,8-11,14H2,(H,19,22). The number of thiocarbonyl (C=S) groups is 1. The molecule has 0 spiro atoms. The van der Waals surface area contributed by atoms with E-state index < -0.39 is 0 Å². The van der Waals surface area contributed by atoms with E-state index in [1.165, 1.54) is 64.2 Å². The molecule has 2 saturated carbocycles. The van der Waals surface area contributed by atoms with Crippen molar-refractivity contribution in [3.8, 4) is 0 Å². The van der Waals surface area contributed by atoms with Crippen LogP contribution in [0.5, 0.6) is 0 Å². The molecule has 0 radical (unpaired) electrons. The number of hydrogen-bond acceptors (Lipinski definition) is 2. The first kappa shape index (κ1) is 15.9. The first-order chi connectivity index (χ1) is 10.8. The van der Waals surface area contributed by atoms with Gasteiger partial charge in [-0.3, -0.25) is 0 Å². The highest BCUT2D eigenvalue weighted by Crippen LogP contribution is 2.26. The SMILES string of the molecule is S=C(NC1CCCCCC1)N(Cc1ccco1)C1CCCC1. The van der Waals surface area contributed by atoms with Gasteiger partial charge in [-0.2, -0.15) is 0 Å². The molecule has 1 aromatic heterocycles. The summed E-state index contributed by atoms with van der Waals surface area (Å²) in [5.74, 6) is 1.01. The van der Waals surface area contributed by atoms with Crippen LogP contribution < -0.4 is 5.32 Å². The predicted octanol–water partition coefficient (Wildman–Crippen LogP) is 4.62. The van der Waals surface area contributed by atoms with E-state index in [2.05, 4.69) is 16.3 Å². The Balaban J connectivity index is 1.63. The number of nitrogens with zero attached hydrogens (tertiary/aromatic N) is 1. The second kappa shape index (κ2) is 8.00. The van der Waals surface area contributed by atoms with Gasteiger partial charge in [0.25, 0.3) is 0 Å². The lowest BCUT2D eigenvalue weighted by Crippen LogP contribution is -2.47. The quantitative estimate of drug-likeness (QED) is 0.647. The van der Waals surface area contributed by atoms with Gasteiger partial charge in [-0.05, 0) is 50.0 Å². The van der Waals surface area contributed by atoms with Crippen molar-refractivity contribution >= 4 is 17.3 Å². The highest BCUT2D eigenvalue weighted by Gasteiger charge is 2.26. The third-order valence-electron chi connectivity index (χ3n) is 5.12. The Morgan fingerprint density at radius 1 is 1.09 bits per heavy atom. The third-order valence-corrected chi connectivity index (χ3v) is 5.47. The molecule has 0 aliphatic heterocycles. The lowest BCUT2D eigenvalue weighted by molar-refractivity contribution is 0.275. The minimum atomic E-state index is 0.565. The fourth-order valence-corrected chi connectivity index (χ4v) is 4.21. The highest BCUT2D eigenvalue weighted by atomic mass is 32.1. The maximum absolute atomic E-state index is 5.78. The van der Waals surface area contributed by atoms with Crippen LogP contribution in [0.3, 0.4) is 0 Å². The third kappa shape index (κ3) is 4.25. The van der Waals surface area contributed by atoms with E-state index in [-0.39, 0.29) is 0 Å². The van der Waals surface area contributed by atoms with Crippen LogP contribution in [-0.4, -0.2) is 22.1 Å². The molecule has 0 saturated heterocycles. The maximum Gasteiger partial charge on any atom is 0.169 e. The lowest BCUT2D eigenvalue weighted by atomic mass is 10.1. The van der Waals surface area contributed by atoms with E-state index in [1.807, 2.05) is 6.07 Å². The van der Waals surface area contributed by atoms with Gasteiger partial charge in [-0.15, -0.1) is 0 Å². The van der Waals surface area contributed by atoms with Gasteiger partial charge in [0.2, 0.25) is 0 Å². The summed E-state index contributed by atoms with van der Waals surface area (Å²) in [5.41, 5.74) is 0. The van der Waals surface area contributed by atoms with E-state index in [0.29, 0.717) is 12.1 Å². The smallest absolute Gasteiger partial charge is 0.169 e. The minimum absolute atomic E-state index is 0.565. The van der Waals surface area contributed by atoms with Gasteiger partial charge >= 0.3 is 0 Å². The Labute approximate surface area is 139 Å². The van der Waals surface area contributed by atoms with Crippen LogP contribution in [0.1, 0.15) is 70.0 Å². The average Bonchev–Trinajstić information content (AvgIpc) is 3.16. The molecule has 0 aromatic carbocycles. The van der Waals surface area contributed by atoms with Crippen molar-refractivity contribution in [2.45, 2.75) is 82.8 Å². The predicted molar refractivity (Wildman–Crippen MR) is 93.7 cm³/mol. The molecule has 0 atom stereocenters. The molecular weight excluding hydrogens is 292 g/mol. The van der Waals surface area contributed by atoms with Gasteiger partial charge in [0.15, 0.2) is 5.11 Å². The zero-order valence-corrected chi connectivity index (χ0v) is 14.2. The fraction of sp³-hybridized carbons (Fsp3) is 0.722. The maximum atomic E-state index is 5.78. The van der Waals surface area contributed by atoms with Crippen molar-refractivity contribution in [2.24, 2.45) is 0 Å². The average molecular weight is 321 g/mol. The van der Waals surface area contributed by atoms with Crippen molar-refractivity contribution in [2.75, 3.05) is 0 Å². The first-order valence-corrected chi connectivity index (χ1v) is 9.33. The second-order valence-electron chi connectivity index (χ2n) is 6.78. The zero-order chi connectivity index (χ0) is 15.2. The molecular formula is C18H28N2OS. The van der Waals surface area contributed by atoms with Gasteiger partial charge in [0.05, 0.1) is 12.8 Å². The highest BCUT2D eigenvalue weighted by molar-refractivity contribution is 7.80. The second-order valence-corrected chi connectivity index (χ2v) is 7.17. The van der Waals surface area contributed by atoms with Crippen LogP contribution >= 0.6 is 12.2 Å². The molecule has 0 amide bonds. The van der Waals surface area contributed by atoms with Crippen molar-refractivity contribution in [3.63, 3.8) is 0 Å². The van der Waals surface area contributed by atoms with Gasteiger partial charge in [-0.25, -0.2) is 0 Å². The van der Waals surface area contributed by atoms with Crippen molar-refractivity contribution in [1.82, 2.24) is 10.2 Å². The van der Waals surface area contributed by atoms with Crippen LogP contribution in [0.2, 0.25) is 0 Å². The van der Waals surface area contributed by atoms with Gasteiger partial charge < -0.3 is 14.6 Å². The van der Waals surface area contributed by atoms with Crippen LogP contribution in [0, 0.1) is 0 Å². The van der Waals surface area contributed by atoms with Crippen LogP contribution in [0.15, 0.2) is 22.8 Å². The van der Waals surface area contributed by atoms with E-state index in [4.69, 9.17) is 16.6 Å². The van der Waals surface area contributed by atoms with E-state index in [1.54, 1.807) is 6.26 Å². The molecule has 2 aliphatic rings. The van der Waals surface area contributed by atoms with E-state index in [0.717, 1.165) is 17.4 Å². The normalized spacial score (nSPS) is 20.7. The summed E-state index contributed by atoms with van der Waals surface area (Å²) in [6.45, 7) is 0.802. The topological polar surface area (TPSA) is 28.4 Å². The molecule has 1 heterocycles. The number of furan rings is 1. The Hall–Kier alpha value is -1.03. The first-order valence-electron chi connectivity index (χ1n) is 8.92. The molecule has 1 N–H and O–H groups in total. The minimum Gasteiger partial charge on any atom is -0.467 e. The summed E-state index contributed by atoms with van der Waals surface area (Å²) < 4.78 is 5.55. The summed E-state index contributed by atoms with van der Waals surface area (Å²) in [4.78, 5) is 2.38. The Bertz CT molecular complexity index is 446. The van der Waals surface area contributed by atoms with E-state index >= 15 is 0 Å².